The van der Waals surface area contributed by atoms with Crippen molar-refractivity contribution in [1.29, 1.82) is 0 Å². The first-order valence-corrected chi connectivity index (χ1v) is 7.67. The van der Waals surface area contributed by atoms with Crippen LogP contribution in [0, 0.1) is 20.8 Å². The van der Waals surface area contributed by atoms with Gasteiger partial charge in [-0.3, -0.25) is 0 Å². The maximum atomic E-state index is 6.22. The van der Waals surface area contributed by atoms with E-state index in [1.807, 2.05) is 0 Å². The maximum absolute atomic E-state index is 6.22. The van der Waals surface area contributed by atoms with E-state index in [0.717, 1.165) is 18.6 Å². The van der Waals surface area contributed by atoms with E-state index in [2.05, 4.69) is 51.1 Å². The SMILES string of the molecule is Cc1cc2c(c(-c3c(C)cccc3C)c1)OC(CCN)C2. The number of hydrogen-bond donors (Lipinski definition) is 1. The van der Waals surface area contributed by atoms with E-state index in [-0.39, 0.29) is 6.10 Å². The first kappa shape index (κ1) is 14.2. The minimum absolute atomic E-state index is 0.231. The summed E-state index contributed by atoms with van der Waals surface area (Å²) in [5.41, 5.74) is 13.5. The van der Waals surface area contributed by atoms with Crippen molar-refractivity contribution in [1.82, 2.24) is 0 Å². The van der Waals surface area contributed by atoms with Gasteiger partial charge >= 0.3 is 0 Å². The lowest BCUT2D eigenvalue weighted by atomic mass is 9.92. The van der Waals surface area contributed by atoms with Crippen LogP contribution in [-0.2, 0) is 6.42 Å². The van der Waals surface area contributed by atoms with Crippen LogP contribution in [-0.4, -0.2) is 12.6 Å². The molecule has 110 valence electrons. The van der Waals surface area contributed by atoms with Crippen LogP contribution in [0.2, 0.25) is 0 Å². The van der Waals surface area contributed by atoms with Crippen molar-refractivity contribution in [2.45, 2.75) is 39.7 Å². The summed E-state index contributed by atoms with van der Waals surface area (Å²) in [7, 11) is 0. The van der Waals surface area contributed by atoms with Gasteiger partial charge in [-0.05, 0) is 67.6 Å². The predicted molar refractivity (Wildman–Crippen MR) is 87.9 cm³/mol. The van der Waals surface area contributed by atoms with Crippen molar-refractivity contribution in [2.75, 3.05) is 6.54 Å². The standard InChI is InChI=1S/C19H23NO/c1-12-9-15-11-16(7-8-20)21-19(15)17(10-12)18-13(2)5-4-6-14(18)3/h4-6,9-10,16H,7-8,11,20H2,1-3H3. The van der Waals surface area contributed by atoms with Crippen molar-refractivity contribution >= 4 is 0 Å². The van der Waals surface area contributed by atoms with Crippen LogP contribution in [0.1, 0.15) is 28.7 Å². The summed E-state index contributed by atoms with van der Waals surface area (Å²) in [4.78, 5) is 0. The van der Waals surface area contributed by atoms with E-state index >= 15 is 0 Å². The van der Waals surface area contributed by atoms with Crippen LogP contribution in [0.4, 0.5) is 0 Å². The first-order valence-electron chi connectivity index (χ1n) is 7.67. The van der Waals surface area contributed by atoms with Crippen LogP contribution in [0.5, 0.6) is 5.75 Å². The van der Waals surface area contributed by atoms with Gasteiger partial charge in [-0.25, -0.2) is 0 Å². The molecule has 21 heavy (non-hydrogen) atoms. The third kappa shape index (κ3) is 2.56. The Bertz CT molecular complexity index is 655. The van der Waals surface area contributed by atoms with Crippen molar-refractivity contribution in [3.63, 3.8) is 0 Å². The van der Waals surface area contributed by atoms with Gasteiger partial charge in [0, 0.05) is 12.0 Å². The Morgan fingerprint density at radius 3 is 2.52 bits per heavy atom. The lowest BCUT2D eigenvalue weighted by Gasteiger charge is -2.16. The number of aryl methyl sites for hydroxylation is 3. The van der Waals surface area contributed by atoms with E-state index in [1.165, 1.54) is 33.4 Å². The van der Waals surface area contributed by atoms with Crippen LogP contribution in [0.25, 0.3) is 11.1 Å². The quantitative estimate of drug-likeness (QED) is 0.925. The normalized spacial score (nSPS) is 16.7. The molecule has 0 radical (unpaired) electrons. The van der Waals surface area contributed by atoms with Crippen molar-refractivity contribution in [3.8, 4) is 16.9 Å². The lowest BCUT2D eigenvalue weighted by molar-refractivity contribution is 0.225. The molecule has 1 aliphatic rings. The molecule has 0 bridgehead atoms. The van der Waals surface area contributed by atoms with Crippen LogP contribution < -0.4 is 10.5 Å². The van der Waals surface area contributed by atoms with Gasteiger partial charge in [0.15, 0.2) is 0 Å². The van der Waals surface area contributed by atoms with Gasteiger partial charge in [-0.2, -0.15) is 0 Å². The van der Waals surface area contributed by atoms with E-state index in [9.17, 15) is 0 Å². The van der Waals surface area contributed by atoms with E-state index in [0.29, 0.717) is 6.54 Å². The molecule has 2 N–H and O–H groups in total. The van der Waals surface area contributed by atoms with Gasteiger partial charge < -0.3 is 10.5 Å². The Hall–Kier alpha value is -1.80. The zero-order valence-corrected chi connectivity index (χ0v) is 13.1. The second-order valence-corrected chi connectivity index (χ2v) is 6.09. The molecule has 0 aromatic heterocycles. The van der Waals surface area contributed by atoms with Crippen LogP contribution in [0.15, 0.2) is 30.3 Å². The third-order valence-corrected chi connectivity index (χ3v) is 4.28. The second-order valence-electron chi connectivity index (χ2n) is 6.09. The summed E-state index contributed by atoms with van der Waals surface area (Å²) >= 11 is 0. The van der Waals surface area contributed by atoms with Crippen molar-refractivity contribution < 1.29 is 4.74 Å². The third-order valence-electron chi connectivity index (χ3n) is 4.28. The molecule has 2 heteroatoms. The summed E-state index contributed by atoms with van der Waals surface area (Å²) in [5, 5.41) is 0. The van der Waals surface area contributed by atoms with E-state index < -0.39 is 0 Å². The van der Waals surface area contributed by atoms with Gasteiger partial charge in [0.1, 0.15) is 11.9 Å². The fourth-order valence-corrected chi connectivity index (χ4v) is 3.36. The van der Waals surface area contributed by atoms with Gasteiger partial charge in [-0.15, -0.1) is 0 Å². The minimum Gasteiger partial charge on any atom is -0.489 e. The monoisotopic (exact) mass is 281 g/mol. The van der Waals surface area contributed by atoms with E-state index in [4.69, 9.17) is 10.5 Å². The molecule has 1 unspecified atom stereocenters. The number of ether oxygens (including phenoxy) is 1. The van der Waals surface area contributed by atoms with Gasteiger partial charge in [-0.1, -0.05) is 24.3 Å². The Kier molecular flexibility index (Phi) is 3.73. The number of rotatable bonds is 3. The van der Waals surface area contributed by atoms with Crippen molar-refractivity contribution in [2.24, 2.45) is 5.73 Å². The first-order chi connectivity index (χ1) is 10.1. The summed E-state index contributed by atoms with van der Waals surface area (Å²) < 4.78 is 6.22. The maximum Gasteiger partial charge on any atom is 0.130 e. The molecule has 0 saturated heterocycles. The zero-order chi connectivity index (χ0) is 15.0. The highest BCUT2D eigenvalue weighted by Crippen LogP contribution is 2.42. The molecule has 3 rings (SSSR count). The number of hydrogen-bond acceptors (Lipinski definition) is 2. The average molecular weight is 281 g/mol. The fourth-order valence-electron chi connectivity index (χ4n) is 3.36. The topological polar surface area (TPSA) is 35.2 Å². The predicted octanol–water partition coefficient (Wildman–Crippen LogP) is 3.93. The summed E-state index contributed by atoms with van der Waals surface area (Å²) in [6, 6.07) is 11.0. The lowest BCUT2D eigenvalue weighted by Crippen LogP contribution is -2.17. The molecule has 0 amide bonds. The number of nitrogens with two attached hydrogens (primary N) is 1. The van der Waals surface area contributed by atoms with Gasteiger partial charge in [0.25, 0.3) is 0 Å². The Balaban J connectivity index is 2.14. The molecule has 0 saturated carbocycles. The van der Waals surface area contributed by atoms with Crippen LogP contribution >= 0.6 is 0 Å². The molecule has 0 spiro atoms. The number of benzene rings is 2. The second kappa shape index (κ2) is 5.53. The van der Waals surface area contributed by atoms with Crippen LogP contribution in [0.3, 0.4) is 0 Å². The van der Waals surface area contributed by atoms with Gasteiger partial charge in [0.2, 0.25) is 0 Å². The fraction of sp³-hybridized carbons (Fsp3) is 0.368. The Labute approximate surface area is 126 Å². The molecule has 0 fully saturated rings. The molecule has 0 aliphatic carbocycles. The molecule has 1 aliphatic heterocycles. The van der Waals surface area contributed by atoms with Gasteiger partial charge in [0.05, 0.1) is 0 Å². The highest BCUT2D eigenvalue weighted by molar-refractivity contribution is 5.78. The molecular weight excluding hydrogens is 258 g/mol. The highest BCUT2D eigenvalue weighted by atomic mass is 16.5. The average Bonchev–Trinajstić information content (AvgIpc) is 2.81. The molecular formula is C19H23NO. The zero-order valence-electron chi connectivity index (χ0n) is 13.1. The van der Waals surface area contributed by atoms with E-state index in [1.54, 1.807) is 0 Å². The molecule has 2 aromatic rings. The smallest absolute Gasteiger partial charge is 0.130 e. The Morgan fingerprint density at radius 1 is 1.14 bits per heavy atom. The summed E-state index contributed by atoms with van der Waals surface area (Å²) in [5.74, 6) is 1.07. The minimum atomic E-state index is 0.231. The largest absolute Gasteiger partial charge is 0.489 e. The molecule has 1 atom stereocenters. The summed E-state index contributed by atoms with van der Waals surface area (Å²) in [6.07, 6.45) is 2.13. The number of fused-ring (bicyclic) bond motifs is 1. The molecule has 2 aromatic carbocycles. The summed E-state index contributed by atoms with van der Waals surface area (Å²) in [6.45, 7) is 7.18. The van der Waals surface area contributed by atoms with Crippen molar-refractivity contribution in [3.05, 3.63) is 52.6 Å². The molecule has 1 heterocycles. The highest BCUT2D eigenvalue weighted by Gasteiger charge is 2.26. The Morgan fingerprint density at radius 2 is 1.86 bits per heavy atom. The molecule has 2 nitrogen and oxygen atoms in total.